The first-order valence-electron chi connectivity index (χ1n) is 7.50. The molecule has 5 heteroatoms. The van der Waals surface area contributed by atoms with E-state index in [1.54, 1.807) is 0 Å². The molecule has 0 saturated carbocycles. The van der Waals surface area contributed by atoms with Gasteiger partial charge in [0.15, 0.2) is 0 Å². The molecular weight excluding hydrogens is 287 g/mol. The Balaban J connectivity index is 2.97. The molecule has 0 aliphatic rings. The van der Waals surface area contributed by atoms with E-state index in [0.29, 0.717) is 32.6 Å². The largest absolute Gasteiger partial charge is 0.377 e. The first-order chi connectivity index (χ1) is 9.95. The standard InChI is InChI=1S/C16H27O4P/c1-6-18-11-15-9-14(5)16(10-13(15)4)12-21(17,19-7-2)20-8-3/h9-10H,6-8,11-12H2,1-5H3. The van der Waals surface area contributed by atoms with E-state index < -0.39 is 7.60 Å². The molecule has 0 amide bonds. The highest BCUT2D eigenvalue weighted by Gasteiger charge is 2.25. The highest BCUT2D eigenvalue weighted by molar-refractivity contribution is 7.53. The van der Waals surface area contributed by atoms with Gasteiger partial charge in [0.05, 0.1) is 26.0 Å². The van der Waals surface area contributed by atoms with Crippen LogP contribution in [-0.2, 0) is 31.1 Å². The molecule has 0 N–H and O–H groups in total. The molecule has 0 aromatic heterocycles. The van der Waals surface area contributed by atoms with E-state index >= 15 is 0 Å². The molecule has 0 spiro atoms. The number of hydrogen-bond acceptors (Lipinski definition) is 4. The number of hydrogen-bond donors (Lipinski definition) is 0. The summed E-state index contributed by atoms with van der Waals surface area (Å²) in [5.41, 5.74) is 4.41. The quantitative estimate of drug-likeness (QED) is 0.625. The lowest BCUT2D eigenvalue weighted by atomic mass is 10.0. The Bertz CT molecular complexity index is 489. The average molecular weight is 314 g/mol. The van der Waals surface area contributed by atoms with Crippen molar-refractivity contribution in [3.8, 4) is 0 Å². The lowest BCUT2D eigenvalue weighted by Gasteiger charge is -2.19. The molecule has 1 aromatic rings. The molecule has 4 nitrogen and oxygen atoms in total. The van der Waals surface area contributed by atoms with E-state index in [9.17, 15) is 4.57 Å². The third kappa shape index (κ3) is 5.55. The minimum Gasteiger partial charge on any atom is -0.377 e. The maximum atomic E-state index is 12.6. The van der Waals surface area contributed by atoms with E-state index in [4.69, 9.17) is 13.8 Å². The van der Waals surface area contributed by atoms with Crippen molar-refractivity contribution in [3.05, 3.63) is 34.4 Å². The zero-order chi connectivity index (χ0) is 15.9. The molecule has 0 fully saturated rings. The fourth-order valence-corrected chi connectivity index (χ4v) is 4.01. The van der Waals surface area contributed by atoms with Gasteiger partial charge in [0.2, 0.25) is 0 Å². The maximum Gasteiger partial charge on any atom is 0.335 e. The monoisotopic (exact) mass is 314 g/mol. The van der Waals surface area contributed by atoms with Gasteiger partial charge in [-0.05, 0) is 56.9 Å². The second kappa shape index (κ2) is 8.70. The summed E-state index contributed by atoms with van der Waals surface area (Å²) in [5.74, 6) is 0. The first kappa shape index (κ1) is 18.4. The lowest BCUT2D eigenvalue weighted by Crippen LogP contribution is -2.03. The summed E-state index contributed by atoms with van der Waals surface area (Å²) in [6.45, 7) is 11.8. The molecule has 21 heavy (non-hydrogen) atoms. The number of benzene rings is 1. The lowest BCUT2D eigenvalue weighted by molar-refractivity contribution is 0.133. The molecule has 0 aliphatic heterocycles. The Morgan fingerprint density at radius 2 is 1.43 bits per heavy atom. The summed E-state index contributed by atoms with van der Waals surface area (Å²) in [6.07, 6.45) is 0.316. The zero-order valence-electron chi connectivity index (χ0n) is 13.8. The van der Waals surface area contributed by atoms with Gasteiger partial charge in [-0.3, -0.25) is 4.57 Å². The van der Waals surface area contributed by atoms with Crippen LogP contribution in [0, 0.1) is 13.8 Å². The van der Waals surface area contributed by atoms with Crippen molar-refractivity contribution in [2.75, 3.05) is 19.8 Å². The predicted octanol–water partition coefficient (Wildman–Crippen LogP) is 4.61. The van der Waals surface area contributed by atoms with Crippen LogP contribution in [0.25, 0.3) is 0 Å². The number of rotatable bonds is 9. The second-order valence-corrected chi connectivity index (χ2v) is 7.00. The third-order valence-electron chi connectivity index (χ3n) is 3.27. The van der Waals surface area contributed by atoms with E-state index in [1.165, 1.54) is 5.56 Å². The Morgan fingerprint density at radius 1 is 0.905 bits per heavy atom. The van der Waals surface area contributed by atoms with Crippen LogP contribution < -0.4 is 0 Å². The first-order valence-corrected chi connectivity index (χ1v) is 9.23. The van der Waals surface area contributed by atoms with Gasteiger partial charge in [-0.15, -0.1) is 0 Å². The second-order valence-electron chi connectivity index (χ2n) is 4.95. The highest BCUT2D eigenvalue weighted by atomic mass is 31.2. The molecule has 0 bridgehead atoms. The van der Waals surface area contributed by atoms with Crippen molar-refractivity contribution >= 4 is 7.60 Å². The highest BCUT2D eigenvalue weighted by Crippen LogP contribution is 2.51. The molecule has 1 aromatic carbocycles. The van der Waals surface area contributed by atoms with E-state index in [0.717, 1.165) is 16.7 Å². The predicted molar refractivity (Wildman–Crippen MR) is 85.8 cm³/mol. The molecule has 0 saturated heterocycles. The minimum atomic E-state index is -3.06. The van der Waals surface area contributed by atoms with E-state index in [-0.39, 0.29) is 0 Å². The van der Waals surface area contributed by atoms with Crippen molar-refractivity contribution in [1.82, 2.24) is 0 Å². The number of aryl methyl sites for hydroxylation is 2. The Kier molecular flexibility index (Phi) is 7.61. The Labute approximate surface area is 128 Å². The Hall–Kier alpha value is -0.670. The summed E-state index contributed by atoms with van der Waals surface area (Å²) in [6, 6.07) is 4.16. The fraction of sp³-hybridized carbons (Fsp3) is 0.625. The normalized spacial score (nSPS) is 11.9. The molecule has 120 valence electrons. The van der Waals surface area contributed by atoms with E-state index in [1.807, 2.05) is 34.6 Å². The smallest absolute Gasteiger partial charge is 0.335 e. The van der Waals surface area contributed by atoms with Crippen LogP contribution in [0.1, 0.15) is 43.0 Å². The van der Waals surface area contributed by atoms with Crippen LogP contribution in [-0.4, -0.2) is 19.8 Å². The van der Waals surface area contributed by atoms with Gasteiger partial charge in [-0.1, -0.05) is 12.1 Å². The molecule has 1 rings (SSSR count). The summed E-state index contributed by atoms with van der Waals surface area (Å²) in [7, 11) is -3.06. The molecule has 0 atom stereocenters. The van der Waals surface area contributed by atoms with Crippen molar-refractivity contribution < 1.29 is 18.3 Å². The minimum absolute atomic E-state index is 0.316. The maximum absolute atomic E-state index is 12.6. The van der Waals surface area contributed by atoms with Crippen LogP contribution in [0.15, 0.2) is 12.1 Å². The molecule has 0 unspecified atom stereocenters. The summed E-state index contributed by atoms with van der Waals surface area (Å²) < 4.78 is 28.8. The van der Waals surface area contributed by atoms with Crippen LogP contribution in [0.3, 0.4) is 0 Å². The SMILES string of the molecule is CCOCc1cc(C)c(CP(=O)(OCC)OCC)cc1C. The van der Waals surface area contributed by atoms with Gasteiger partial charge in [0, 0.05) is 6.61 Å². The van der Waals surface area contributed by atoms with Crippen molar-refractivity contribution in [2.45, 2.75) is 47.4 Å². The zero-order valence-corrected chi connectivity index (χ0v) is 14.7. The fourth-order valence-electron chi connectivity index (χ4n) is 2.20. The van der Waals surface area contributed by atoms with Crippen LogP contribution >= 0.6 is 7.60 Å². The van der Waals surface area contributed by atoms with Crippen LogP contribution in [0.5, 0.6) is 0 Å². The molecule has 0 radical (unpaired) electrons. The van der Waals surface area contributed by atoms with Crippen molar-refractivity contribution in [3.63, 3.8) is 0 Å². The van der Waals surface area contributed by atoms with Crippen molar-refractivity contribution in [2.24, 2.45) is 0 Å². The Morgan fingerprint density at radius 3 is 1.95 bits per heavy atom. The van der Waals surface area contributed by atoms with Gasteiger partial charge in [-0.25, -0.2) is 0 Å². The molecular formula is C16H27O4P. The van der Waals surface area contributed by atoms with Gasteiger partial charge in [0.25, 0.3) is 0 Å². The van der Waals surface area contributed by atoms with Gasteiger partial charge in [0.1, 0.15) is 0 Å². The van der Waals surface area contributed by atoms with Gasteiger partial charge in [-0.2, -0.15) is 0 Å². The molecule has 0 aliphatic carbocycles. The summed E-state index contributed by atoms with van der Waals surface area (Å²) >= 11 is 0. The van der Waals surface area contributed by atoms with Crippen LogP contribution in [0.2, 0.25) is 0 Å². The average Bonchev–Trinajstić information content (AvgIpc) is 2.41. The topological polar surface area (TPSA) is 44.8 Å². The summed E-state index contributed by atoms with van der Waals surface area (Å²) in [5, 5.41) is 0. The molecule has 0 heterocycles. The van der Waals surface area contributed by atoms with E-state index in [2.05, 4.69) is 12.1 Å². The third-order valence-corrected chi connectivity index (χ3v) is 5.30. The number of ether oxygens (including phenoxy) is 1. The van der Waals surface area contributed by atoms with Crippen LogP contribution in [0.4, 0.5) is 0 Å². The van der Waals surface area contributed by atoms with Gasteiger partial charge < -0.3 is 13.8 Å². The summed E-state index contributed by atoms with van der Waals surface area (Å²) in [4.78, 5) is 0. The van der Waals surface area contributed by atoms with Gasteiger partial charge >= 0.3 is 7.60 Å². The van der Waals surface area contributed by atoms with Crippen molar-refractivity contribution in [1.29, 1.82) is 0 Å².